The summed E-state index contributed by atoms with van der Waals surface area (Å²) in [6, 6.07) is 11.4. The fraction of sp³-hybridized carbons (Fsp3) is 0.200. The molecular weight excluding hydrogens is 507 g/mol. The van der Waals surface area contributed by atoms with Crippen LogP contribution in [0.1, 0.15) is 35.1 Å². The van der Waals surface area contributed by atoms with Crippen LogP contribution in [0, 0.1) is 6.92 Å². The van der Waals surface area contributed by atoms with Gasteiger partial charge >= 0.3 is 12.2 Å². The summed E-state index contributed by atoms with van der Waals surface area (Å²) in [5.74, 6) is 1.88. The molecule has 0 saturated heterocycles. The molecule has 0 saturated carbocycles. The van der Waals surface area contributed by atoms with Crippen molar-refractivity contribution in [2.24, 2.45) is 0 Å². The maximum absolute atomic E-state index is 13.1. The number of halogens is 4. The molecule has 0 radical (unpaired) electrons. The number of aryl methyl sites for hydroxylation is 2. The molecule has 4 N–H and O–H groups in total. The molecule has 2 aromatic heterocycles. The standard InChI is InChI=1S/C25H23ClF3N7O/c1-3-16-13-23(36-35-16)34-21-8-9-30-22(33-21)11-15-4-5-17(10-14(15)2)31-24(37)32-18-6-7-20(26)19(12-18)25(27,28)29/h4-10,12-13H,3,11H2,1-2H3,(H2,31,32,37)(H2,30,33,34,35,36). The summed E-state index contributed by atoms with van der Waals surface area (Å²) in [4.78, 5) is 21.2. The molecule has 0 aliphatic rings. The van der Waals surface area contributed by atoms with E-state index in [1.165, 1.54) is 6.07 Å². The van der Waals surface area contributed by atoms with Crippen LogP contribution in [0.3, 0.4) is 0 Å². The first-order chi connectivity index (χ1) is 17.6. The fourth-order valence-corrected chi connectivity index (χ4v) is 3.77. The van der Waals surface area contributed by atoms with Crippen LogP contribution < -0.4 is 16.0 Å². The Balaban J connectivity index is 1.39. The van der Waals surface area contributed by atoms with Gasteiger partial charge in [0.1, 0.15) is 11.6 Å². The Labute approximate surface area is 215 Å². The molecular formula is C25H23ClF3N7O. The fourth-order valence-electron chi connectivity index (χ4n) is 3.55. The van der Waals surface area contributed by atoms with Gasteiger partial charge in [0, 0.05) is 35.8 Å². The summed E-state index contributed by atoms with van der Waals surface area (Å²) < 4.78 is 39.2. The van der Waals surface area contributed by atoms with Crippen molar-refractivity contribution in [3.05, 3.63) is 88.0 Å². The SMILES string of the molecule is CCc1cc(Nc2ccnc(Cc3ccc(NC(=O)Nc4ccc(Cl)c(C(F)(F)F)c4)cc3C)n2)n[nH]1. The third-order valence-corrected chi connectivity index (χ3v) is 5.78. The Bertz CT molecular complexity index is 1420. The van der Waals surface area contributed by atoms with Gasteiger partial charge in [-0.25, -0.2) is 14.8 Å². The lowest BCUT2D eigenvalue weighted by molar-refractivity contribution is -0.137. The highest BCUT2D eigenvalue weighted by atomic mass is 35.5. The van der Waals surface area contributed by atoms with E-state index in [0.717, 1.165) is 35.4 Å². The first-order valence-electron chi connectivity index (χ1n) is 11.3. The van der Waals surface area contributed by atoms with Crippen molar-refractivity contribution in [3.8, 4) is 0 Å². The second-order valence-electron chi connectivity index (χ2n) is 8.20. The van der Waals surface area contributed by atoms with Gasteiger partial charge in [-0.1, -0.05) is 24.6 Å². The van der Waals surface area contributed by atoms with E-state index in [9.17, 15) is 18.0 Å². The molecule has 8 nitrogen and oxygen atoms in total. The van der Waals surface area contributed by atoms with Crippen molar-refractivity contribution in [1.82, 2.24) is 20.2 Å². The van der Waals surface area contributed by atoms with Gasteiger partial charge in [-0.15, -0.1) is 0 Å². The molecule has 4 rings (SSSR count). The number of nitrogens with one attached hydrogen (secondary N) is 4. The smallest absolute Gasteiger partial charge is 0.323 e. The number of anilines is 4. The lowest BCUT2D eigenvalue weighted by Gasteiger charge is -2.13. The Morgan fingerprint density at radius 3 is 2.43 bits per heavy atom. The third kappa shape index (κ3) is 6.76. The molecule has 0 aliphatic heterocycles. The average molecular weight is 530 g/mol. The van der Waals surface area contributed by atoms with Crippen LogP contribution in [0.4, 0.5) is 41.0 Å². The van der Waals surface area contributed by atoms with Crippen LogP contribution in [-0.2, 0) is 19.0 Å². The largest absolute Gasteiger partial charge is 0.417 e. The van der Waals surface area contributed by atoms with Crippen molar-refractivity contribution in [2.75, 3.05) is 16.0 Å². The van der Waals surface area contributed by atoms with Crippen molar-refractivity contribution in [1.29, 1.82) is 0 Å². The average Bonchev–Trinajstić information content (AvgIpc) is 3.29. The van der Waals surface area contributed by atoms with Crippen LogP contribution in [-0.4, -0.2) is 26.2 Å². The van der Waals surface area contributed by atoms with Crippen LogP contribution in [0.15, 0.2) is 54.7 Å². The number of nitrogens with zero attached hydrogens (tertiary/aromatic N) is 3. The maximum Gasteiger partial charge on any atom is 0.417 e. The van der Waals surface area contributed by atoms with Gasteiger partial charge in [0.2, 0.25) is 0 Å². The number of amides is 2. The Morgan fingerprint density at radius 1 is 1.03 bits per heavy atom. The van der Waals surface area contributed by atoms with Crippen molar-refractivity contribution in [2.45, 2.75) is 32.9 Å². The highest BCUT2D eigenvalue weighted by molar-refractivity contribution is 6.31. The molecule has 37 heavy (non-hydrogen) atoms. The van der Waals surface area contributed by atoms with E-state index in [4.69, 9.17) is 11.6 Å². The number of carbonyl (C=O) groups is 1. The predicted molar refractivity (Wildman–Crippen MR) is 136 cm³/mol. The van der Waals surface area contributed by atoms with E-state index in [2.05, 4.69) is 36.1 Å². The Hall–Kier alpha value is -4.12. The molecule has 2 heterocycles. The predicted octanol–water partition coefficient (Wildman–Crippen LogP) is 6.72. The maximum atomic E-state index is 13.1. The zero-order valence-electron chi connectivity index (χ0n) is 19.9. The summed E-state index contributed by atoms with van der Waals surface area (Å²) in [7, 11) is 0. The highest BCUT2D eigenvalue weighted by Crippen LogP contribution is 2.36. The van der Waals surface area contributed by atoms with Gasteiger partial charge < -0.3 is 16.0 Å². The van der Waals surface area contributed by atoms with E-state index < -0.39 is 22.8 Å². The molecule has 2 amide bonds. The zero-order chi connectivity index (χ0) is 26.6. The Kier molecular flexibility index (Phi) is 7.63. The number of hydrogen-bond acceptors (Lipinski definition) is 5. The molecule has 0 atom stereocenters. The van der Waals surface area contributed by atoms with Crippen LogP contribution >= 0.6 is 11.6 Å². The minimum Gasteiger partial charge on any atom is -0.323 e. The number of aromatic nitrogens is 4. The second-order valence-corrected chi connectivity index (χ2v) is 8.61. The van der Waals surface area contributed by atoms with E-state index in [1.807, 2.05) is 26.0 Å². The quantitative estimate of drug-likeness (QED) is 0.212. The number of benzene rings is 2. The van der Waals surface area contributed by atoms with E-state index >= 15 is 0 Å². The second kappa shape index (κ2) is 10.9. The highest BCUT2D eigenvalue weighted by Gasteiger charge is 2.33. The van der Waals surface area contributed by atoms with Crippen molar-refractivity contribution < 1.29 is 18.0 Å². The molecule has 0 spiro atoms. The molecule has 192 valence electrons. The van der Waals surface area contributed by atoms with E-state index in [0.29, 0.717) is 29.6 Å². The number of hydrogen-bond donors (Lipinski definition) is 4. The Morgan fingerprint density at radius 2 is 1.76 bits per heavy atom. The monoisotopic (exact) mass is 529 g/mol. The minimum atomic E-state index is -4.63. The summed E-state index contributed by atoms with van der Waals surface area (Å²) in [6.07, 6.45) is -1.67. The summed E-state index contributed by atoms with van der Waals surface area (Å²) >= 11 is 5.62. The molecule has 0 fully saturated rings. The van der Waals surface area contributed by atoms with Crippen LogP contribution in [0.25, 0.3) is 0 Å². The number of aromatic amines is 1. The van der Waals surface area contributed by atoms with Gasteiger partial charge in [-0.05, 0) is 60.9 Å². The summed E-state index contributed by atoms with van der Waals surface area (Å²) in [5.41, 5.74) is 2.26. The first kappa shape index (κ1) is 26.0. The first-order valence-corrected chi connectivity index (χ1v) is 11.7. The minimum absolute atomic E-state index is 0.0334. The molecule has 0 aliphatic carbocycles. The molecule has 0 unspecified atom stereocenters. The third-order valence-electron chi connectivity index (χ3n) is 5.45. The number of carbonyl (C=O) groups excluding carboxylic acids is 1. The van der Waals surface area contributed by atoms with E-state index in [-0.39, 0.29) is 5.69 Å². The lowest BCUT2D eigenvalue weighted by Crippen LogP contribution is -2.20. The topological polar surface area (TPSA) is 108 Å². The molecule has 12 heteroatoms. The van der Waals surface area contributed by atoms with Gasteiger partial charge in [0.25, 0.3) is 0 Å². The molecule has 2 aromatic carbocycles. The van der Waals surface area contributed by atoms with Gasteiger partial charge in [0.15, 0.2) is 5.82 Å². The molecule has 4 aromatic rings. The zero-order valence-corrected chi connectivity index (χ0v) is 20.6. The number of H-pyrrole nitrogens is 1. The lowest BCUT2D eigenvalue weighted by atomic mass is 10.0. The van der Waals surface area contributed by atoms with Crippen molar-refractivity contribution in [3.63, 3.8) is 0 Å². The van der Waals surface area contributed by atoms with Gasteiger partial charge in [-0.2, -0.15) is 18.3 Å². The number of alkyl halides is 3. The number of urea groups is 1. The van der Waals surface area contributed by atoms with Crippen LogP contribution in [0.5, 0.6) is 0 Å². The summed E-state index contributed by atoms with van der Waals surface area (Å²) in [6.45, 7) is 3.91. The number of rotatable bonds is 7. The van der Waals surface area contributed by atoms with E-state index in [1.54, 1.807) is 24.4 Å². The van der Waals surface area contributed by atoms with Gasteiger partial charge in [-0.3, -0.25) is 5.10 Å². The van der Waals surface area contributed by atoms with Gasteiger partial charge in [0.05, 0.1) is 10.6 Å². The van der Waals surface area contributed by atoms with Crippen LogP contribution in [0.2, 0.25) is 5.02 Å². The van der Waals surface area contributed by atoms with Crippen molar-refractivity contribution >= 4 is 40.6 Å². The summed E-state index contributed by atoms with van der Waals surface area (Å²) in [5, 5.41) is 14.9. The normalized spacial score (nSPS) is 11.3. The molecule has 0 bridgehead atoms.